The molecule has 198 valence electrons. The summed E-state index contributed by atoms with van der Waals surface area (Å²) in [5.41, 5.74) is 15.6. The van der Waals surface area contributed by atoms with Crippen molar-refractivity contribution in [2.75, 3.05) is 4.81 Å². The average molecular weight is 708 g/mol. The molecule has 0 N–H and O–H groups in total. The third kappa shape index (κ3) is 3.94. The quantitative estimate of drug-likeness (QED) is 0.155. The van der Waals surface area contributed by atoms with E-state index in [9.17, 15) is 0 Å². The van der Waals surface area contributed by atoms with Crippen molar-refractivity contribution in [2.24, 2.45) is 0 Å². The summed E-state index contributed by atoms with van der Waals surface area (Å²) < 4.78 is 1.99. The summed E-state index contributed by atoms with van der Waals surface area (Å²) >= 11 is 0. The molecule has 4 heterocycles. The predicted octanol–water partition coefficient (Wildman–Crippen LogP) is 6.36. The van der Waals surface area contributed by atoms with E-state index in [4.69, 9.17) is 5.10 Å². The third-order valence-corrected chi connectivity index (χ3v) is 8.08. The SMILES string of the molecule is Cc1ccnc(-c2[c-]c3c(cc2)-c2ccccc2N2B3c3[c-]c(-n4nc(C)cc4C)ccc3-c3ccccc32)c1.[Pt+2]. The number of hydrogen-bond acceptors (Lipinski definition) is 3. The maximum Gasteiger partial charge on any atom is 2.00 e. The van der Waals surface area contributed by atoms with Crippen LogP contribution in [0.1, 0.15) is 17.0 Å². The first-order valence-electron chi connectivity index (χ1n) is 13.6. The van der Waals surface area contributed by atoms with Crippen LogP contribution in [0.2, 0.25) is 0 Å². The van der Waals surface area contributed by atoms with Crippen LogP contribution in [0.15, 0.2) is 97.2 Å². The first-order chi connectivity index (χ1) is 19.6. The van der Waals surface area contributed by atoms with Gasteiger partial charge >= 0.3 is 21.1 Å². The van der Waals surface area contributed by atoms with Gasteiger partial charge in [0.15, 0.2) is 0 Å². The second-order valence-corrected chi connectivity index (χ2v) is 10.7. The molecular weight excluding hydrogens is 682 g/mol. The molecule has 0 unspecified atom stereocenters. The molecule has 4 aromatic carbocycles. The van der Waals surface area contributed by atoms with Gasteiger partial charge in [-0.3, -0.25) is 4.68 Å². The smallest absolute Gasteiger partial charge is 0.381 e. The minimum Gasteiger partial charge on any atom is -0.381 e. The Kier molecular flexibility index (Phi) is 6.10. The summed E-state index contributed by atoms with van der Waals surface area (Å²) in [7, 11) is 0. The van der Waals surface area contributed by atoms with Crippen molar-refractivity contribution in [2.45, 2.75) is 20.8 Å². The average Bonchev–Trinajstić information content (AvgIpc) is 3.33. The molecule has 6 aromatic rings. The van der Waals surface area contributed by atoms with Gasteiger partial charge in [0.2, 0.25) is 0 Å². The van der Waals surface area contributed by atoms with Crippen LogP contribution in [0.25, 0.3) is 39.2 Å². The van der Waals surface area contributed by atoms with Crippen molar-refractivity contribution in [1.29, 1.82) is 0 Å². The minimum absolute atomic E-state index is 0. The Balaban J connectivity index is 0.00000276. The summed E-state index contributed by atoms with van der Waals surface area (Å²) in [6, 6.07) is 40.1. The molecule has 0 saturated carbocycles. The van der Waals surface area contributed by atoms with Crippen molar-refractivity contribution in [3.63, 3.8) is 0 Å². The van der Waals surface area contributed by atoms with Crippen LogP contribution < -0.4 is 15.7 Å². The Bertz CT molecular complexity index is 1980. The van der Waals surface area contributed by atoms with Crippen molar-refractivity contribution in [3.8, 4) is 39.2 Å². The first-order valence-corrected chi connectivity index (χ1v) is 13.6. The Hall–Kier alpha value is -4.21. The van der Waals surface area contributed by atoms with Gasteiger partial charge < -0.3 is 9.79 Å². The Labute approximate surface area is 255 Å². The number of rotatable bonds is 2. The van der Waals surface area contributed by atoms with Crippen LogP contribution >= 0.6 is 0 Å². The largest absolute Gasteiger partial charge is 2.00 e. The van der Waals surface area contributed by atoms with Crippen LogP contribution in [0.4, 0.5) is 11.4 Å². The number of para-hydroxylation sites is 2. The molecule has 6 heteroatoms. The zero-order valence-electron chi connectivity index (χ0n) is 22.9. The number of hydrogen-bond donors (Lipinski definition) is 0. The van der Waals surface area contributed by atoms with Crippen LogP contribution in [0, 0.1) is 32.9 Å². The first kappa shape index (κ1) is 25.7. The third-order valence-electron chi connectivity index (χ3n) is 8.08. The van der Waals surface area contributed by atoms with Gasteiger partial charge in [0, 0.05) is 23.3 Å². The number of aryl methyl sites for hydroxylation is 3. The standard InChI is InChI=1S/C35H25BN4.Pt/c1-22-16-17-37-33(18-22)25-12-14-27-29-8-4-6-10-34(29)39-35-11-7-5-9-30(35)28-15-13-26(40-24(3)19-23(2)38-40)21-32(28)36(39)31(27)20-25;/h4-19H,1-3H3;/q-2;+2. The Morgan fingerprint density at radius 2 is 1.34 bits per heavy atom. The fourth-order valence-electron chi connectivity index (χ4n) is 6.37. The minimum atomic E-state index is -0.100. The number of anilines is 2. The summed E-state index contributed by atoms with van der Waals surface area (Å²) in [5.74, 6) is 0. The molecule has 2 aromatic heterocycles. The fourth-order valence-corrected chi connectivity index (χ4v) is 6.37. The van der Waals surface area contributed by atoms with Crippen molar-refractivity contribution in [3.05, 3.63) is 126 Å². The van der Waals surface area contributed by atoms with Crippen LogP contribution in [-0.2, 0) is 21.1 Å². The van der Waals surface area contributed by atoms with Crippen molar-refractivity contribution in [1.82, 2.24) is 14.8 Å². The molecule has 2 aliphatic rings. The number of aromatic nitrogens is 3. The van der Waals surface area contributed by atoms with Gasteiger partial charge in [0.1, 0.15) is 0 Å². The molecular formula is C35H25BN4Pt. The van der Waals surface area contributed by atoms with E-state index in [1.165, 1.54) is 39.2 Å². The summed E-state index contributed by atoms with van der Waals surface area (Å²) in [6.07, 6.45) is 1.88. The molecule has 0 spiro atoms. The topological polar surface area (TPSA) is 34.0 Å². The molecule has 4 nitrogen and oxygen atoms in total. The number of benzene rings is 4. The van der Waals surface area contributed by atoms with E-state index < -0.39 is 0 Å². The van der Waals surface area contributed by atoms with Crippen molar-refractivity contribution < 1.29 is 21.1 Å². The second kappa shape index (κ2) is 9.71. The molecule has 0 fully saturated rings. The van der Waals surface area contributed by atoms with Crippen LogP contribution in [0.5, 0.6) is 0 Å². The van der Waals surface area contributed by atoms with Gasteiger partial charge in [0.05, 0.1) is 5.69 Å². The van der Waals surface area contributed by atoms with Gasteiger partial charge in [-0.15, -0.1) is 46.4 Å². The predicted molar refractivity (Wildman–Crippen MR) is 163 cm³/mol. The van der Waals surface area contributed by atoms with E-state index in [2.05, 4.69) is 121 Å². The van der Waals surface area contributed by atoms with Gasteiger partial charge in [-0.05, 0) is 62.0 Å². The molecule has 2 aliphatic heterocycles. The maximum absolute atomic E-state index is 4.78. The van der Waals surface area contributed by atoms with Gasteiger partial charge in [0.25, 0.3) is 6.85 Å². The van der Waals surface area contributed by atoms with Crippen LogP contribution in [-0.4, -0.2) is 21.6 Å². The van der Waals surface area contributed by atoms with E-state index in [0.29, 0.717) is 0 Å². The number of pyridine rings is 1. The second-order valence-electron chi connectivity index (χ2n) is 10.7. The van der Waals surface area contributed by atoms with Gasteiger partial charge in [-0.2, -0.15) is 22.7 Å². The molecule has 0 saturated heterocycles. The van der Waals surface area contributed by atoms with E-state index in [1.807, 2.05) is 23.9 Å². The van der Waals surface area contributed by atoms with E-state index in [0.717, 1.165) is 39.3 Å². The fraction of sp³-hybridized carbons (Fsp3) is 0.0857. The van der Waals surface area contributed by atoms with E-state index in [1.54, 1.807) is 0 Å². The van der Waals surface area contributed by atoms with Gasteiger partial charge in [-0.25, -0.2) is 0 Å². The number of nitrogens with zero attached hydrogens (tertiary/aromatic N) is 4. The summed E-state index contributed by atoms with van der Waals surface area (Å²) in [5, 5.41) is 4.78. The van der Waals surface area contributed by atoms with E-state index >= 15 is 0 Å². The molecule has 0 aliphatic carbocycles. The molecule has 0 amide bonds. The zero-order valence-corrected chi connectivity index (χ0v) is 25.2. The molecule has 0 bridgehead atoms. The normalized spacial score (nSPS) is 12.5. The molecule has 8 rings (SSSR count). The monoisotopic (exact) mass is 707 g/mol. The summed E-state index contributed by atoms with van der Waals surface area (Å²) in [4.78, 5) is 7.16. The molecule has 0 radical (unpaired) electrons. The molecule has 41 heavy (non-hydrogen) atoms. The summed E-state index contributed by atoms with van der Waals surface area (Å²) in [6.45, 7) is 6.13. The van der Waals surface area contributed by atoms with E-state index in [-0.39, 0.29) is 27.9 Å². The Morgan fingerprint density at radius 3 is 2.00 bits per heavy atom. The number of fused-ring (bicyclic) bond motifs is 11. The zero-order chi connectivity index (χ0) is 27.0. The Morgan fingerprint density at radius 1 is 0.683 bits per heavy atom. The molecule has 0 atom stereocenters. The maximum atomic E-state index is 4.78. The van der Waals surface area contributed by atoms with Crippen LogP contribution in [0.3, 0.4) is 0 Å². The van der Waals surface area contributed by atoms with Crippen molar-refractivity contribution >= 4 is 29.1 Å². The van der Waals surface area contributed by atoms with Gasteiger partial charge in [-0.1, -0.05) is 53.6 Å².